The number of H-pyrrole nitrogens is 3. The van der Waals surface area contributed by atoms with Crippen molar-refractivity contribution < 1.29 is 14.2 Å². The molecule has 0 saturated carbocycles. The third-order valence-corrected chi connectivity index (χ3v) is 14.6. The molecule has 15 aromatic rings. The van der Waals surface area contributed by atoms with Gasteiger partial charge in [-0.05, 0) is 134 Å². The molecular weight excluding hydrogens is 1160 g/mol. The second kappa shape index (κ2) is 29.4. The fraction of sp³-hybridized carbons (Fsp3) is 0.0400. The van der Waals surface area contributed by atoms with Crippen LogP contribution in [0.25, 0.3) is 103 Å². The summed E-state index contributed by atoms with van der Waals surface area (Å²) >= 11 is 0. The van der Waals surface area contributed by atoms with Crippen molar-refractivity contribution in [1.29, 1.82) is 0 Å². The molecule has 0 amide bonds. The van der Waals surface area contributed by atoms with Crippen LogP contribution in [0, 0.1) is 0 Å². The minimum atomic E-state index is 0.415. The van der Waals surface area contributed by atoms with Crippen molar-refractivity contribution in [2.75, 3.05) is 0 Å². The summed E-state index contributed by atoms with van der Waals surface area (Å²) in [6, 6.07) is 84.3. The average molecular weight is 1220 g/mol. The zero-order valence-corrected chi connectivity index (χ0v) is 49.9. The Hall–Kier alpha value is -13.0. The molecule has 0 radical (unpaired) electrons. The molecule has 3 N–H and O–H groups in total. The van der Waals surface area contributed by atoms with Crippen molar-refractivity contribution in [3.8, 4) is 51.4 Å². The number of hydrogen-bond donors (Lipinski definition) is 3. The lowest BCUT2D eigenvalue weighted by Gasteiger charge is -2.07. The van der Waals surface area contributed by atoms with Crippen LogP contribution in [0.2, 0.25) is 0 Å². The number of pyridine rings is 3. The lowest BCUT2D eigenvalue weighted by Crippen LogP contribution is -1.98. The Bertz CT molecular complexity index is 5020. The van der Waals surface area contributed by atoms with Crippen molar-refractivity contribution in [3.05, 3.63) is 305 Å². The van der Waals surface area contributed by atoms with Crippen molar-refractivity contribution >= 4 is 69.2 Å². The van der Waals surface area contributed by atoms with Gasteiger partial charge in [0.2, 0.25) is 17.5 Å². The number of hydrogen-bond acceptors (Lipinski definition) is 15. The monoisotopic (exact) mass is 1220 g/mol. The van der Waals surface area contributed by atoms with Gasteiger partial charge >= 0.3 is 0 Å². The second-order valence-electron chi connectivity index (χ2n) is 21.1. The van der Waals surface area contributed by atoms with Crippen LogP contribution in [0.3, 0.4) is 0 Å². The molecule has 9 aromatic carbocycles. The van der Waals surface area contributed by atoms with Gasteiger partial charge in [0.15, 0.2) is 0 Å². The summed E-state index contributed by atoms with van der Waals surface area (Å²) in [6.45, 7) is 1.27. The van der Waals surface area contributed by atoms with Crippen molar-refractivity contribution in [2.45, 2.75) is 19.8 Å². The average Bonchev–Trinajstić information content (AvgIpc) is 2.99. The molecule has 0 unspecified atom stereocenters. The lowest BCUT2D eigenvalue weighted by atomic mass is 10.1. The molecule has 0 spiro atoms. The summed E-state index contributed by atoms with van der Waals surface area (Å²) in [7, 11) is 0. The van der Waals surface area contributed by atoms with Gasteiger partial charge in [0.05, 0.1) is 33.6 Å². The van der Waals surface area contributed by atoms with E-state index in [-0.39, 0.29) is 0 Å². The molecule has 6 heterocycles. The van der Waals surface area contributed by atoms with E-state index in [0.717, 1.165) is 117 Å². The molecule has 0 fully saturated rings. The van der Waals surface area contributed by atoms with E-state index in [4.69, 9.17) is 14.2 Å². The molecule has 0 atom stereocenters. The minimum absolute atomic E-state index is 0.415. The maximum atomic E-state index is 5.99. The highest BCUT2D eigenvalue weighted by Gasteiger charge is 2.09. The Morgan fingerprint density at radius 1 is 0.290 bits per heavy atom. The van der Waals surface area contributed by atoms with Crippen molar-refractivity contribution in [3.63, 3.8) is 0 Å². The first kappa shape index (κ1) is 59.0. The lowest BCUT2D eigenvalue weighted by molar-refractivity contribution is 0.301. The number of nitrogens with zero attached hydrogens (tertiary/aromatic N) is 12. The quantitative estimate of drug-likeness (QED) is 0.0679. The molecule has 18 heteroatoms. The van der Waals surface area contributed by atoms with E-state index in [2.05, 4.69) is 131 Å². The van der Waals surface area contributed by atoms with Crippen LogP contribution < -0.4 is 14.2 Å². The fourth-order valence-electron chi connectivity index (χ4n) is 9.95. The number of ether oxygens (including phenoxy) is 3. The zero-order chi connectivity index (χ0) is 62.6. The van der Waals surface area contributed by atoms with Crippen LogP contribution in [0.1, 0.15) is 50.5 Å². The Balaban J connectivity index is 0.000000127. The van der Waals surface area contributed by atoms with Gasteiger partial charge in [-0.15, -0.1) is 30.6 Å². The first-order valence-electron chi connectivity index (χ1n) is 29.8. The van der Waals surface area contributed by atoms with Gasteiger partial charge in [-0.3, -0.25) is 0 Å². The smallest absolute Gasteiger partial charge is 0.205 e. The van der Waals surface area contributed by atoms with E-state index in [1.54, 1.807) is 0 Å². The summed E-state index contributed by atoms with van der Waals surface area (Å²) in [5.41, 5.74) is 14.7. The van der Waals surface area contributed by atoms with Gasteiger partial charge in [0.1, 0.15) is 37.1 Å². The highest BCUT2D eigenvalue weighted by molar-refractivity contribution is 5.81. The number of aromatic amines is 3. The number of fused-ring (bicyclic) bond motifs is 3. The van der Waals surface area contributed by atoms with E-state index in [9.17, 15) is 0 Å². The van der Waals surface area contributed by atoms with Gasteiger partial charge in [-0.25, -0.2) is 15.0 Å². The summed E-state index contributed by atoms with van der Waals surface area (Å²) < 4.78 is 17.9. The number of aromatic nitrogens is 15. The van der Waals surface area contributed by atoms with Crippen LogP contribution in [-0.2, 0) is 19.8 Å². The first-order chi connectivity index (χ1) is 46.0. The maximum absolute atomic E-state index is 5.99. The maximum Gasteiger partial charge on any atom is 0.205 e. The second-order valence-corrected chi connectivity index (χ2v) is 21.1. The molecule has 450 valence electrons. The summed E-state index contributed by atoms with van der Waals surface area (Å²) in [5, 5.41) is 46.0. The van der Waals surface area contributed by atoms with E-state index in [1.165, 1.54) is 0 Å². The predicted molar refractivity (Wildman–Crippen MR) is 363 cm³/mol. The first-order valence-corrected chi connectivity index (χ1v) is 29.8. The normalized spacial score (nSPS) is 11.2. The van der Waals surface area contributed by atoms with E-state index >= 15 is 0 Å². The number of tetrazole rings is 3. The molecule has 6 aromatic heterocycles. The number of para-hydroxylation sites is 3. The number of rotatable bonds is 18. The number of benzene rings is 9. The molecule has 18 nitrogen and oxygen atoms in total. The summed E-state index contributed by atoms with van der Waals surface area (Å²) in [5.74, 6) is 4.14. The van der Waals surface area contributed by atoms with E-state index in [1.807, 2.05) is 237 Å². The van der Waals surface area contributed by atoms with E-state index < -0.39 is 0 Å². The molecule has 15 rings (SSSR count). The molecule has 0 aliphatic rings. The van der Waals surface area contributed by atoms with Crippen molar-refractivity contribution in [2.24, 2.45) is 0 Å². The SMILES string of the molecule is C(=Cc1cccc(-c2nn[nH]n2)c1)c1ccc(OCc2ccc3ccccc3n2)cc1.C(=Cc1cccc(-c2nn[nH]n2)c1)c1cccc(OCc2ccc3ccccc3n2)c1.C(=Cc1ccccc1-c1nn[nH]n1)c1cccc(OCc2ccc3ccccc3n2)c1. The topological polar surface area (TPSA) is 230 Å². The highest BCUT2D eigenvalue weighted by atomic mass is 16.5. The molecule has 0 aliphatic heterocycles. The van der Waals surface area contributed by atoms with Gasteiger partial charge in [-0.1, -0.05) is 206 Å². The Kier molecular flexibility index (Phi) is 18.6. The third kappa shape index (κ3) is 16.0. The fourth-order valence-corrected chi connectivity index (χ4v) is 9.95. The predicted octanol–water partition coefficient (Wildman–Crippen LogP) is 15.5. The number of nitrogens with one attached hydrogen (secondary N) is 3. The van der Waals surface area contributed by atoms with Gasteiger partial charge in [0, 0.05) is 32.8 Å². The molecule has 0 bridgehead atoms. The minimum Gasteiger partial charge on any atom is -0.487 e. The van der Waals surface area contributed by atoms with Crippen LogP contribution in [0.5, 0.6) is 17.2 Å². The molecule has 0 saturated heterocycles. The Morgan fingerprint density at radius 2 is 0.677 bits per heavy atom. The van der Waals surface area contributed by atoms with Gasteiger partial charge in [-0.2, -0.15) is 15.6 Å². The molecule has 0 aliphatic carbocycles. The van der Waals surface area contributed by atoms with Gasteiger partial charge in [0.25, 0.3) is 0 Å². The van der Waals surface area contributed by atoms with Crippen LogP contribution in [-0.4, -0.2) is 76.8 Å². The molecule has 93 heavy (non-hydrogen) atoms. The van der Waals surface area contributed by atoms with Gasteiger partial charge < -0.3 is 14.2 Å². The highest BCUT2D eigenvalue weighted by Crippen LogP contribution is 2.26. The summed E-state index contributed by atoms with van der Waals surface area (Å²) in [6.07, 6.45) is 12.3. The van der Waals surface area contributed by atoms with Crippen LogP contribution in [0.15, 0.2) is 255 Å². The third-order valence-electron chi connectivity index (χ3n) is 14.6. The molecular formula is C75H57N15O3. The van der Waals surface area contributed by atoms with Crippen molar-refractivity contribution in [1.82, 2.24) is 76.8 Å². The zero-order valence-electron chi connectivity index (χ0n) is 49.9. The van der Waals surface area contributed by atoms with Crippen LogP contribution in [0.4, 0.5) is 0 Å². The Morgan fingerprint density at radius 3 is 1.14 bits per heavy atom. The Labute approximate surface area is 534 Å². The van der Waals surface area contributed by atoms with E-state index in [0.29, 0.717) is 37.3 Å². The summed E-state index contributed by atoms with van der Waals surface area (Å²) in [4.78, 5) is 14.0. The standard InChI is InChI=1S/3C25H19N5O/c1-3-10-23(25-27-29-30-28-25)19(7-1)13-12-18-6-5-9-22(16-18)31-17-21-15-14-20-8-2-4-11-24(20)26-21;1-2-10-24-20(7-1)13-14-22(26-24)17-31-23-9-4-6-19(16-23)12-11-18-5-3-8-21(15-18)25-27-29-30-28-25;1-2-7-24-20(5-1)12-13-22(26-24)17-31-23-14-10-18(11-15-23)8-9-19-4-3-6-21(16-19)25-27-29-30-28-25/h3*1-16H,17H2,(H,27,28,29,30). The van der Waals surface area contributed by atoms with Crippen LogP contribution >= 0.6 is 0 Å². The largest absolute Gasteiger partial charge is 0.487 e.